The highest BCUT2D eigenvalue weighted by molar-refractivity contribution is 6.22. The normalized spacial score (nSPS) is 24.7. The van der Waals surface area contributed by atoms with Crippen molar-refractivity contribution in [2.45, 2.75) is 51.2 Å². The molecule has 1 amide bonds. The molecule has 3 unspecified atom stereocenters. The SMILES string of the molecule is CC(C)(C)OC(=O)n1cccc1-c1ccc(O)c2c1CC1CC3CC(=O)C(C(N)=O)=C(O)C3(O)C(=O)C1=C2O. The summed E-state index contributed by atoms with van der Waals surface area (Å²) in [4.78, 5) is 50.9. The van der Waals surface area contributed by atoms with Gasteiger partial charge in [-0.1, -0.05) is 0 Å². The summed E-state index contributed by atoms with van der Waals surface area (Å²) in [7, 11) is 0. The number of carbonyl (C=O) groups is 4. The van der Waals surface area contributed by atoms with E-state index in [0.717, 1.165) is 0 Å². The van der Waals surface area contributed by atoms with E-state index in [9.17, 15) is 39.6 Å². The molecule has 3 aliphatic rings. The minimum absolute atomic E-state index is 0.00505. The number of hydrogen-bond donors (Lipinski definition) is 5. The zero-order valence-electron chi connectivity index (χ0n) is 21.5. The molecule has 6 N–H and O–H groups in total. The van der Waals surface area contributed by atoms with E-state index >= 15 is 0 Å². The van der Waals surface area contributed by atoms with Crippen molar-refractivity contribution in [2.75, 3.05) is 0 Å². The van der Waals surface area contributed by atoms with E-state index in [-0.39, 0.29) is 29.7 Å². The van der Waals surface area contributed by atoms with Crippen molar-refractivity contribution in [2.24, 2.45) is 17.6 Å². The molecule has 3 aliphatic carbocycles. The quantitative estimate of drug-likeness (QED) is 0.359. The molecule has 3 atom stereocenters. The average Bonchev–Trinajstić information content (AvgIpc) is 3.30. The summed E-state index contributed by atoms with van der Waals surface area (Å²) in [6.07, 6.45) is 0.598. The lowest BCUT2D eigenvalue weighted by molar-refractivity contribution is -0.147. The molecule has 204 valence electrons. The van der Waals surface area contributed by atoms with E-state index in [1.54, 1.807) is 39.0 Å². The lowest BCUT2D eigenvalue weighted by Crippen LogP contribution is -2.58. The Morgan fingerprint density at radius 1 is 1.10 bits per heavy atom. The Kier molecular flexibility index (Phi) is 5.76. The molecule has 1 saturated carbocycles. The average molecular weight is 537 g/mol. The number of aliphatic hydroxyl groups is 3. The molecule has 0 spiro atoms. The van der Waals surface area contributed by atoms with Gasteiger partial charge in [0.25, 0.3) is 5.91 Å². The number of benzene rings is 1. The molecule has 5 rings (SSSR count). The highest BCUT2D eigenvalue weighted by Crippen LogP contribution is 2.53. The van der Waals surface area contributed by atoms with Crippen LogP contribution < -0.4 is 5.73 Å². The Hall–Kier alpha value is -4.38. The maximum absolute atomic E-state index is 13.6. The summed E-state index contributed by atoms with van der Waals surface area (Å²) in [5.74, 6) is -6.97. The van der Waals surface area contributed by atoms with Crippen LogP contribution in [0.25, 0.3) is 17.0 Å². The van der Waals surface area contributed by atoms with Crippen LogP contribution in [0.1, 0.15) is 44.7 Å². The van der Waals surface area contributed by atoms with E-state index < -0.39 is 70.1 Å². The fourth-order valence-electron chi connectivity index (χ4n) is 5.93. The number of amides is 1. The Balaban J connectivity index is 1.66. The number of nitrogens with zero attached hydrogens (tertiary/aromatic N) is 1. The van der Waals surface area contributed by atoms with Crippen LogP contribution in [0.2, 0.25) is 0 Å². The number of fused-ring (bicyclic) bond motifs is 3. The van der Waals surface area contributed by atoms with Crippen LogP contribution >= 0.6 is 0 Å². The predicted molar refractivity (Wildman–Crippen MR) is 136 cm³/mol. The van der Waals surface area contributed by atoms with Crippen LogP contribution in [0.5, 0.6) is 5.75 Å². The smallest absolute Gasteiger partial charge is 0.418 e. The maximum Gasteiger partial charge on any atom is 0.418 e. The Bertz CT molecular complexity index is 1540. The standard InChI is InChI=1S/C28H28N2O9/c1-27(2,3)39-26(37)30-8-4-5-16(30)14-6-7-17(31)20-15(14)10-12-9-13-11-18(32)21(25(29)36)24(35)28(13,38)23(34)19(12)22(20)33/h4-8,12-13,31,33,35,38H,9-11H2,1-3H3,(H2,29,36). The second-order valence-corrected chi connectivity index (χ2v) is 11.1. The Labute approximate surface area is 222 Å². The van der Waals surface area contributed by atoms with Crippen LogP contribution in [0, 0.1) is 11.8 Å². The third kappa shape index (κ3) is 3.84. The lowest BCUT2D eigenvalue weighted by Gasteiger charge is -2.46. The van der Waals surface area contributed by atoms with Gasteiger partial charge in [0, 0.05) is 29.7 Å². The highest BCUT2D eigenvalue weighted by atomic mass is 16.6. The molecule has 1 aromatic carbocycles. The van der Waals surface area contributed by atoms with Gasteiger partial charge < -0.3 is 30.9 Å². The molecule has 11 heteroatoms. The van der Waals surface area contributed by atoms with E-state index in [1.165, 1.54) is 16.8 Å². The van der Waals surface area contributed by atoms with Gasteiger partial charge >= 0.3 is 6.09 Å². The molecule has 2 aromatic rings. The number of phenols is 1. The molecule has 39 heavy (non-hydrogen) atoms. The molecule has 0 radical (unpaired) electrons. The third-order valence-corrected chi connectivity index (χ3v) is 7.56. The molecule has 1 heterocycles. The van der Waals surface area contributed by atoms with Gasteiger partial charge in [0.05, 0.1) is 11.3 Å². The monoisotopic (exact) mass is 536 g/mol. The fourth-order valence-corrected chi connectivity index (χ4v) is 5.93. The first kappa shape index (κ1) is 26.2. The molecule has 0 bridgehead atoms. The molecular formula is C28H28N2O9. The van der Waals surface area contributed by atoms with Crippen LogP contribution in [-0.4, -0.2) is 59.8 Å². The first-order valence-electron chi connectivity index (χ1n) is 12.4. The fraction of sp³-hybridized carbons (Fsp3) is 0.357. The number of hydrogen-bond acceptors (Lipinski definition) is 9. The topological polar surface area (TPSA) is 189 Å². The molecule has 1 fully saturated rings. The predicted octanol–water partition coefficient (Wildman–Crippen LogP) is 2.68. The van der Waals surface area contributed by atoms with E-state index in [1.807, 2.05) is 0 Å². The van der Waals surface area contributed by atoms with E-state index in [0.29, 0.717) is 16.8 Å². The van der Waals surface area contributed by atoms with Crippen LogP contribution in [-0.2, 0) is 25.5 Å². The van der Waals surface area contributed by atoms with Crippen molar-refractivity contribution in [3.05, 3.63) is 58.5 Å². The van der Waals surface area contributed by atoms with Crippen molar-refractivity contribution in [3.63, 3.8) is 0 Å². The molecule has 0 saturated heterocycles. The van der Waals surface area contributed by atoms with Crippen molar-refractivity contribution < 1.29 is 44.3 Å². The molecule has 0 aliphatic heterocycles. The van der Waals surface area contributed by atoms with Gasteiger partial charge in [-0.15, -0.1) is 0 Å². The molecule has 1 aromatic heterocycles. The van der Waals surface area contributed by atoms with E-state index in [2.05, 4.69) is 0 Å². The lowest BCUT2D eigenvalue weighted by atomic mass is 9.59. The first-order valence-corrected chi connectivity index (χ1v) is 12.4. The molecular weight excluding hydrogens is 508 g/mol. The van der Waals surface area contributed by atoms with Gasteiger partial charge in [0.15, 0.2) is 11.4 Å². The number of aromatic hydroxyl groups is 1. The van der Waals surface area contributed by atoms with Crippen molar-refractivity contribution in [3.8, 4) is 17.0 Å². The minimum atomic E-state index is -2.63. The summed E-state index contributed by atoms with van der Waals surface area (Å²) in [5.41, 5.74) is 2.06. The highest BCUT2D eigenvalue weighted by Gasteiger charge is 2.60. The van der Waals surface area contributed by atoms with E-state index in [4.69, 9.17) is 10.5 Å². The van der Waals surface area contributed by atoms with Crippen LogP contribution in [0.4, 0.5) is 4.79 Å². The van der Waals surface area contributed by atoms with Gasteiger partial charge in [-0.3, -0.25) is 19.0 Å². The summed E-state index contributed by atoms with van der Waals surface area (Å²) in [5, 5.41) is 44.1. The minimum Gasteiger partial charge on any atom is -0.508 e. The summed E-state index contributed by atoms with van der Waals surface area (Å²) in [6.45, 7) is 5.20. The number of phenolic OH excluding ortho intramolecular Hbond substituents is 1. The number of Topliss-reactive ketones (excluding diaryl/α,β-unsaturated/α-hetero) is 2. The third-order valence-electron chi connectivity index (χ3n) is 7.56. The maximum atomic E-state index is 13.6. The largest absolute Gasteiger partial charge is 0.508 e. The number of aliphatic hydroxyl groups excluding tert-OH is 2. The molecule has 11 nitrogen and oxygen atoms in total. The van der Waals surface area contributed by atoms with Gasteiger partial charge in [-0.25, -0.2) is 4.79 Å². The Morgan fingerprint density at radius 3 is 2.44 bits per heavy atom. The van der Waals surface area contributed by atoms with Crippen LogP contribution in [0.15, 0.2) is 47.4 Å². The summed E-state index contributed by atoms with van der Waals surface area (Å²) in [6, 6.07) is 6.21. The van der Waals surface area contributed by atoms with Gasteiger partial charge in [0.2, 0.25) is 5.78 Å². The van der Waals surface area contributed by atoms with Crippen molar-refractivity contribution in [1.29, 1.82) is 0 Å². The number of ketones is 2. The van der Waals surface area contributed by atoms with Crippen molar-refractivity contribution >= 4 is 29.3 Å². The number of aromatic nitrogens is 1. The second-order valence-electron chi connectivity index (χ2n) is 11.1. The number of nitrogens with two attached hydrogens (primary N) is 1. The summed E-state index contributed by atoms with van der Waals surface area (Å²) >= 11 is 0. The number of rotatable bonds is 2. The second kappa shape index (κ2) is 8.57. The number of primary amides is 1. The first-order chi connectivity index (χ1) is 18.2. The number of ether oxygens (including phenoxy) is 1. The summed E-state index contributed by atoms with van der Waals surface area (Å²) < 4.78 is 6.80. The zero-order chi connectivity index (χ0) is 28.6. The van der Waals surface area contributed by atoms with Gasteiger partial charge in [-0.05, 0) is 69.4 Å². The Morgan fingerprint density at radius 2 is 1.79 bits per heavy atom. The van der Waals surface area contributed by atoms with Crippen LogP contribution in [0.3, 0.4) is 0 Å². The van der Waals surface area contributed by atoms with Crippen molar-refractivity contribution in [1.82, 2.24) is 4.57 Å². The van der Waals surface area contributed by atoms with Gasteiger partial charge in [0.1, 0.15) is 28.4 Å². The number of carbonyl (C=O) groups excluding carboxylic acids is 4. The van der Waals surface area contributed by atoms with Gasteiger partial charge in [-0.2, -0.15) is 0 Å². The zero-order valence-corrected chi connectivity index (χ0v) is 21.5.